The van der Waals surface area contributed by atoms with Crippen molar-refractivity contribution in [3.63, 3.8) is 0 Å². The average Bonchev–Trinajstić information content (AvgIpc) is 4.11. The Morgan fingerprint density at radius 3 is 1.70 bits per heavy atom. The van der Waals surface area contributed by atoms with Crippen molar-refractivity contribution in [3.05, 3.63) is 256 Å². The molecule has 0 aliphatic heterocycles. The van der Waals surface area contributed by atoms with Gasteiger partial charge < -0.3 is 4.90 Å². The topological polar surface area (TPSA) is 3.24 Å². The largest absolute Gasteiger partial charge is 0.310 e. The highest BCUT2D eigenvalue weighted by Gasteiger charge is 2.58. The lowest BCUT2D eigenvalue weighted by atomic mass is 9.70. The summed E-state index contributed by atoms with van der Waals surface area (Å²) in [7, 11) is 0. The van der Waals surface area contributed by atoms with Gasteiger partial charge in [0.15, 0.2) is 0 Å². The normalized spacial score (nSPS) is 18.6. The SMILES string of the molecule is C1=CC(c2ccc(N(c3ccc4c(c3)C35C6=C(C=CCC6)c6cccc(c63)-c3cccc-4c35)c3cccc4c3-c3ccccc3C43c4ccccc4-c4ccccc43)cc2)=CCC1. The number of benzene rings is 8. The molecule has 1 unspecified atom stereocenters. The van der Waals surface area contributed by atoms with E-state index in [0.29, 0.717) is 0 Å². The van der Waals surface area contributed by atoms with E-state index in [0.717, 1.165) is 31.4 Å². The molecule has 1 nitrogen and oxygen atoms in total. The first-order valence-corrected chi connectivity index (χ1v) is 22.8. The standard InChI is InChI=1S/C62H41N/c1-2-15-38(16-3-1)39-31-33-40(34-32-39)63(57-30-14-29-55-58(57)50-20-7-11-28-54(50)61(55)51-25-8-4-17-42(51)43-18-5-9-26-52(43)61)41-35-36-45-47-22-13-24-49-48-23-12-21-46-44-19-6-10-27-53(44)62(59(46)48,60(47)49)56(45)37-41/h2,4-9,11-26,28-37H,1,3,10,27H2. The van der Waals surface area contributed by atoms with Crippen LogP contribution in [0.4, 0.5) is 17.1 Å². The minimum Gasteiger partial charge on any atom is -0.310 e. The first-order valence-electron chi connectivity index (χ1n) is 22.8. The molecule has 294 valence electrons. The summed E-state index contributed by atoms with van der Waals surface area (Å²) >= 11 is 0. The minimum atomic E-state index is -0.426. The highest BCUT2D eigenvalue weighted by Crippen LogP contribution is 2.71. The number of nitrogens with zero attached hydrogens (tertiary/aromatic N) is 1. The van der Waals surface area contributed by atoms with Crippen LogP contribution in [0.15, 0.2) is 206 Å². The monoisotopic (exact) mass is 799 g/mol. The zero-order chi connectivity index (χ0) is 41.0. The summed E-state index contributed by atoms with van der Waals surface area (Å²) in [6.07, 6.45) is 16.1. The highest BCUT2D eigenvalue weighted by molar-refractivity contribution is 6.08. The van der Waals surface area contributed by atoms with Crippen molar-refractivity contribution in [1.29, 1.82) is 0 Å². The van der Waals surface area contributed by atoms with E-state index in [-0.39, 0.29) is 5.41 Å². The maximum absolute atomic E-state index is 2.59. The summed E-state index contributed by atoms with van der Waals surface area (Å²) in [4.78, 5) is 2.59. The third-order valence-corrected chi connectivity index (χ3v) is 15.7. The van der Waals surface area contributed by atoms with Crippen molar-refractivity contribution in [2.45, 2.75) is 36.5 Å². The summed E-state index contributed by atoms with van der Waals surface area (Å²) in [6.45, 7) is 0. The van der Waals surface area contributed by atoms with Gasteiger partial charge in [-0.1, -0.05) is 170 Å². The quantitative estimate of drug-likeness (QED) is 0.171. The van der Waals surface area contributed by atoms with Crippen molar-refractivity contribution in [1.82, 2.24) is 0 Å². The third-order valence-electron chi connectivity index (χ3n) is 15.7. The Balaban J connectivity index is 1.01. The molecular weight excluding hydrogens is 759 g/mol. The molecule has 1 heteroatoms. The van der Waals surface area contributed by atoms with Crippen LogP contribution in [0.25, 0.3) is 55.7 Å². The van der Waals surface area contributed by atoms with Crippen molar-refractivity contribution < 1.29 is 0 Å². The lowest BCUT2D eigenvalue weighted by Crippen LogP contribution is -2.26. The van der Waals surface area contributed by atoms with Crippen molar-refractivity contribution >= 4 is 28.2 Å². The van der Waals surface area contributed by atoms with Crippen molar-refractivity contribution in [2.75, 3.05) is 4.90 Å². The average molecular weight is 800 g/mol. The molecule has 0 N–H and O–H groups in total. The van der Waals surface area contributed by atoms with Gasteiger partial charge >= 0.3 is 0 Å². The molecule has 0 radical (unpaired) electrons. The molecule has 7 aliphatic carbocycles. The van der Waals surface area contributed by atoms with Crippen LogP contribution >= 0.6 is 0 Å². The maximum Gasteiger partial charge on any atom is 0.0726 e. The molecule has 15 rings (SSSR count). The van der Waals surface area contributed by atoms with E-state index < -0.39 is 5.41 Å². The Hall–Kier alpha value is -7.48. The second-order valence-corrected chi connectivity index (χ2v) is 18.4. The van der Waals surface area contributed by atoms with E-state index in [1.54, 1.807) is 5.57 Å². The fourth-order valence-electron chi connectivity index (χ4n) is 13.6. The lowest BCUT2D eigenvalue weighted by Gasteiger charge is -2.33. The van der Waals surface area contributed by atoms with E-state index in [1.165, 1.54) is 117 Å². The molecule has 0 saturated carbocycles. The van der Waals surface area contributed by atoms with E-state index in [4.69, 9.17) is 0 Å². The first kappa shape index (κ1) is 34.1. The van der Waals surface area contributed by atoms with E-state index in [9.17, 15) is 0 Å². The summed E-state index contributed by atoms with van der Waals surface area (Å²) in [5, 5.41) is 0. The number of anilines is 3. The number of fused-ring (bicyclic) bond motifs is 14. The number of hydrogen-bond donors (Lipinski definition) is 0. The van der Waals surface area contributed by atoms with Crippen LogP contribution in [-0.2, 0) is 10.8 Å². The smallest absolute Gasteiger partial charge is 0.0726 e. The van der Waals surface area contributed by atoms with Gasteiger partial charge in [0.05, 0.1) is 16.5 Å². The maximum atomic E-state index is 2.59. The fraction of sp³-hybridized carbons (Fsp3) is 0.0968. The third kappa shape index (κ3) is 4.02. The number of hydrogen-bond acceptors (Lipinski definition) is 1. The van der Waals surface area contributed by atoms with Gasteiger partial charge in [-0.05, 0) is 162 Å². The van der Waals surface area contributed by atoms with E-state index >= 15 is 0 Å². The number of allylic oxidation sites excluding steroid dienone is 8. The molecule has 0 amide bonds. The molecule has 8 aromatic rings. The van der Waals surface area contributed by atoms with Gasteiger partial charge in [-0.2, -0.15) is 0 Å². The molecule has 63 heavy (non-hydrogen) atoms. The van der Waals surface area contributed by atoms with Crippen LogP contribution in [0.3, 0.4) is 0 Å². The molecular formula is C62H41N. The van der Waals surface area contributed by atoms with Gasteiger partial charge in [0.2, 0.25) is 0 Å². The Morgan fingerprint density at radius 1 is 0.397 bits per heavy atom. The highest BCUT2D eigenvalue weighted by atomic mass is 15.1. The van der Waals surface area contributed by atoms with Crippen LogP contribution in [0.1, 0.15) is 75.8 Å². The van der Waals surface area contributed by atoms with Crippen molar-refractivity contribution in [3.8, 4) is 44.5 Å². The van der Waals surface area contributed by atoms with Crippen LogP contribution < -0.4 is 4.90 Å². The van der Waals surface area contributed by atoms with Crippen LogP contribution in [0.2, 0.25) is 0 Å². The first-order chi connectivity index (χ1) is 31.3. The summed E-state index contributed by atoms with van der Waals surface area (Å²) in [5.41, 5.74) is 30.5. The minimum absolute atomic E-state index is 0.287. The Morgan fingerprint density at radius 2 is 0.968 bits per heavy atom. The predicted octanol–water partition coefficient (Wildman–Crippen LogP) is 15.6. The zero-order valence-electron chi connectivity index (χ0n) is 34.8. The second-order valence-electron chi connectivity index (χ2n) is 18.4. The van der Waals surface area contributed by atoms with Crippen molar-refractivity contribution in [2.24, 2.45) is 0 Å². The van der Waals surface area contributed by atoms with Gasteiger partial charge in [-0.25, -0.2) is 0 Å². The van der Waals surface area contributed by atoms with Crippen LogP contribution in [0, 0.1) is 0 Å². The molecule has 8 aromatic carbocycles. The summed E-state index contributed by atoms with van der Waals surface area (Å²) < 4.78 is 0. The number of rotatable bonds is 4. The molecule has 0 bridgehead atoms. The van der Waals surface area contributed by atoms with Crippen LogP contribution in [-0.4, -0.2) is 0 Å². The Bertz CT molecular complexity index is 3470. The second kappa shape index (κ2) is 12.1. The lowest BCUT2D eigenvalue weighted by molar-refractivity contribution is 0.730. The van der Waals surface area contributed by atoms with Gasteiger partial charge in [0.1, 0.15) is 0 Å². The molecule has 0 heterocycles. The molecule has 2 spiro atoms. The molecule has 0 fully saturated rings. The molecule has 7 aliphatic rings. The van der Waals surface area contributed by atoms with Crippen LogP contribution in [0.5, 0.6) is 0 Å². The van der Waals surface area contributed by atoms with Gasteiger partial charge in [0.25, 0.3) is 0 Å². The zero-order valence-corrected chi connectivity index (χ0v) is 34.8. The fourth-order valence-corrected chi connectivity index (χ4v) is 13.6. The molecule has 0 aromatic heterocycles. The molecule has 1 atom stereocenters. The van der Waals surface area contributed by atoms with Gasteiger partial charge in [0, 0.05) is 16.9 Å². The summed E-state index contributed by atoms with van der Waals surface area (Å²) in [5.74, 6) is 0. The predicted molar refractivity (Wildman–Crippen MR) is 260 cm³/mol. The van der Waals surface area contributed by atoms with E-state index in [1.807, 2.05) is 0 Å². The van der Waals surface area contributed by atoms with Gasteiger partial charge in [-0.15, -0.1) is 0 Å². The van der Waals surface area contributed by atoms with Gasteiger partial charge in [-0.3, -0.25) is 0 Å². The van der Waals surface area contributed by atoms with E-state index in [2.05, 4.69) is 205 Å². The Labute approximate surface area is 368 Å². The Kier molecular flexibility index (Phi) is 6.57. The molecule has 0 saturated heterocycles. The summed E-state index contributed by atoms with van der Waals surface area (Å²) in [6, 6.07) is 65.6.